The van der Waals surface area contributed by atoms with Crippen LogP contribution in [0.15, 0.2) is 18.5 Å². The van der Waals surface area contributed by atoms with Crippen LogP contribution < -0.4 is 4.72 Å². The monoisotopic (exact) mass is 368 g/mol. The van der Waals surface area contributed by atoms with Gasteiger partial charge >= 0.3 is 0 Å². The molecule has 0 amide bonds. The van der Waals surface area contributed by atoms with E-state index in [1.54, 1.807) is 7.11 Å². The van der Waals surface area contributed by atoms with Gasteiger partial charge in [-0.3, -0.25) is 9.58 Å². The van der Waals surface area contributed by atoms with E-state index in [4.69, 9.17) is 4.74 Å². The van der Waals surface area contributed by atoms with Crippen LogP contribution in [0.25, 0.3) is 0 Å². The predicted molar refractivity (Wildman–Crippen MR) is 92.1 cm³/mol. The molecule has 0 radical (unpaired) electrons. The first-order valence-electron chi connectivity index (χ1n) is 8.16. The van der Waals surface area contributed by atoms with Crippen LogP contribution in [0.4, 0.5) is 0 Å². The molecule has 0 spiro atoms. The molecule has 0 unspecified atom stereocenters. The maximum Gasteiger partial charge on any atom is 0.209 e. The Morgan fingerprint density at radius 2 is 2.20 bits per heavy atom. The fourth-order valence-electron chi connectivity index (χ4n) is 2.89. The zero-order valence-electron chi connectivity index (χ0n) is 14.6. The molecule has 0 aliphatic carbocycles. The van der Waals surface area contributed by atoms with Gasteiger partial charge in [-0.05, 0) is 6.07 Å². The second-order valence-electron chi connectivity index (χ2n) is 6.18. The van der Waals surface area contributed by atoms with Crippen molar-refractivity contribution in [1.29, 1.82) is 0 Å². The molecule has 1 aliphatic rings. The minimum Gasteiger partial charge on any atom is -0.383 e. The molecule has 0 aromatic carbocycles. The number of rotatable bonds is 8. The van der Waals surface area contributed by atoms with Gasteiger partial charge in [-0.15, -0.1) is 0 Å². The summed E-state index contributed by atoms with van der Waals surface area (Å²) < 4.78 is 34.1. The van der Waals surface area contributed by atoms with Crippen LogP contribution in [-0.4, -0.2) is 59.2 Å². The van der Waals surface area contributed by atoms with E-state index in [2.05, 4.69) is 24.3 Å². The first kappa shape index (κ1) is 18.1. The average molecular weight is 368 g/mol. The summed E-state index contributed by atoms with van der Waals surface area (Å²) in [6.07, 6.45) is 4.93. The number of hydrogen-bond donors (Lipinski definition) is 1. The molecule has 1 N–H and O–H groups in total. The molecular formula is C15H24N6O3S. The summed E-state index contributed by atoms with van der Waals surface area (Å²) in [6, 6.07) is 1.96. The highest BCUT2D eigenvalue weighted by Gasteiger charge is 2.20. The predicted octanol–water partition coefficient (Wildman–Crippen LogP) is -0.209. The van der Waals surface area contributed by atoms with Gasteiger partial charge in [-0.25, -0.2) is 18.1 Å². The first-order chi connectivity index (χ1) is 11.9. The van der Waals surface area contributed by atoms with E-state index in [1.165, 1.54) is 0 Å². The van der Waals surface area contributed by atoms with Crippen molar-refractivity contribution in [2.45, 2.75) is 32.7 Å². The van der Waals surface area contributed by atoms with Gasteiger partial charge in [0.25, 0.3) is 0 Å². The summed E-state index contributed by atoms with van der Waals surface area (Å²) >= 11 is 0. The lowest BCUT2D eigenvalue weighted by Gasteiger charge is -2.27. The topological polar surface area (TPSA) is 94.3 Å². The Hall–Kier alpha value is -1.75. The lowest BCUT2D eigenvalue weighted by molar-refractivity contribution is 0.177. The molecule has 3 heterocycles. The van der Waals surface area contributed by atoms with Gasteiger partial charge in [0.2, 0.25) is 10.0 Å². The highest BCUT2D eigenvalue weighted by molar-refractivity contribution is 7.88. The standard InChI is InChI=1S/C15H24N6O3S/c1-24-8-7-20-4-3-16-15(20)12-19-5-6-21-14(11-19)9-13(18-21)10-17-25(2,22)23/h3-4,9,17H,5-8,10-12H2,1-2H3. The van der Waals surface area contributed by atoms with Crippen molar-refractivity contribution in [2.75, 3.05) is 26.5 Å². The van der Waals surface area contributed by atoms with Gasteiger partial charge in [0.15, 0.2) is 0 Å². The number of fused-ring (bicyclic) bond motifs is 1. The minimum atomic E-state index is -3.21. The van der Waals surface area contributed by atoms with E-state index in [1.807, 2.05) is 23.1 Å². The molecule has 9 nitrogen and oxygen atoms in total. The molecule has 0 saturated heterocycles. The third-order valence-corrected chi connectivity index (χ3v) is 4.81. The molecule has 0 bridgehead atoms. The van der Waals surface area contributed by atoms with Gasteiger partial charge in [-0.1, -0.05) is 0 Å². The van der Waals surface area contributed by atoms with E-state index >= 15 is 0 Å². The van der Waals surface area contributed by atoms with Crippen LogP contribution in [0.5, 0.6) is 0 Å². The molecule has 3 rings (SSSR count). The van der Waals surface area contributed by atoms with E-state index in [0.717, 1.165) is 56.2 Å². The Labute approximate surface area is 147 Å². The SMILES string of the molecule is COCCn1ccnc1CN1CCn2nc(CNS(C)(=O)=O)cc2C1. The van der Waals surface area contributed by atoms with Crippen LogP contribution in [0.1, 0.15) is 17.2 Å². The number of hydrogen-bond acceptors (Lipinski definition) is 6. The smallest absolute Gasteiger partial charge is 0.209 e. The molecule has 10 heteroatoms. The Kier molecular flexibility index (Phi) is 5.52. The molecule has 1 aliphatic heterocycles. The summed E-state index contributed by atoms with van der Waals surface area (Å²) in [5.74, 6) is 1.02. The number of nitrogens with zero attached hydrogens (tertiary/aromatic N) is 5. The molecule has 2 aromatic heterocycles. The molecule has 2 aromatic rings. The van der Waals surface area contributed by atoms with Crippen molar-refractivity contribution in [2.24, 2.45) is 0 Å². The number of sulfonamides is 1. The summed E-state index contributed by atoms with van der Waals surface area (Å²) in [4.78, 5) is 6.76. The van der Waals surface area contributed by atoms with E-state index in [-0.39, 0.29) is 6.54 Å². The van der Waals surface area contributed by atoms with Crippen LogP contribution >= 0.6 is 0 Å². The maximum absolute atomic E-state index is 11.2. The molecule has 0 atom stereocenters. The van der Waals surface area contributed by atoms with Gasteiger partial charge in [-0.2, -0.15) is 5.10 Å². The lowest BCUT2D eigenvalue weighted by Crippen LogP contribution is -2.34. The second kappa shape index (κ2) is 7.65. The highest BCUT2D eigenvalue weighted by atomic mass is 32.2. The van der Waals surface area contributed by atoms with E-state index in [9.17, 15) is 8.42 Å². The van der Waals surface area contributed by atoms with Gasteiger partial charge in [0.05, 0.1) is 43.9 Å². The Balaban J connectivity index is 1.61. The average Bonchev–Trinajstić information content (AvgIpc) is 3.16. The summed E-state index contributed by atoms with van der Waals surface area (Å²) in [6.45, 7) is 4.87. The third-order valence-electron chi connectivity index (χ3n) is 4.15. The van der Waals surface area contributed by atoms with Crippen LogP contribution in [0, 0.1) is 0 Å². The van der Waals surface area contributed by atoms with Crippen molar-refractivity contribution in [3.8, 4) is 0 Å². The number of imidazole rings is 1. The Morgan fingerprint density at radius 3 is 2.96 bits per heavy atom. The van der Waals surface area contributed by atoms with Crippen LogP contribution in [-0.2, 0) is 47.5 Å². The molecule has 0 fully saturated rings. The number of aromatic nitrogens is 4. The second-order valence-corrected chi connectivity index (χ2v) is 8.02. The summed E-state index contributed by atoms with van der Waals surface area (Å²) in [7, 11) is -1.52. The normalized spacial score (nSPS) is 15.4. The van der Waals surface area contributed by atoms with Gasteiger partial charge in [0.1, 0.15) is 5.82 Å². The van der Waals surface area contributed by atoms with Crippen LogP contribution in [0.2, 0.25) is 0 Å². The van der Waals surface area contributed by atoms with Crippen molar-refractivity contribution >= 4 is 10.0 Å². The first-order valence-corrected chi connectivity index (χ1v) is 10.1. The number of nitrogens with one attached hydrogen (secondary N) is 1. The van der Waals surface area contributed by atoms with Crippen molar-refractivity contribution in [3.63, 3.8) is 0 Å². The summed E-state index contributed by atoms with van der Waals surface area (Å²) in [5.41, 5.74) is 1.83. The Bertz CT molecular complexity index is 813. The van der Waals surface area contributed by atoms with E-state index in [0.29, 0.717) is 6.61 Å². The zero-order valence-corrected chi connectivity index (χ0v) is 15.4. The van der Waals surface area contributed by atoms with Gasteiger partial charge < -0.3 is 9.30 Å². The highest BCUT2D eigenvalue weighted by Crippen LogP contribution is 2.16. The van der Waals surface area contributed by atoms with Crippen molar-refractivity contribution in [1.82, 2.24) is 29.0 Å². The largest absolute Gasteiger partial charge is 0.383 e. The van der Waals surface area contributed by atoms with Gasteiger partial charge in [0, 0.05) is 39.1 Å². The lowest BCUT2D eigenvalue weighted by atomic mass is 10.2. The minimum absolute atomic E-state index is 0.222. The fraction of sp³-hybridized carbons (Fsp3) is 0.600. The maximum atomic E-state index is 11.2. The molecule has 0 saturated carbocycles. The Morgan fingerprint density at radius 1 is 1.36 bits per heavy atom. The van der Waals surface area contributed by atoms with Crippen LogP contribution in [0.3, 0.4) is 0 Å². The summed E-state index contributed by atoms with van der Waals surface area (Å²) in [5, 5.41) is 4.47. The van der Waals surface area contributed by atoms with Crippen molar-refractivity contribution in [3.05, 3.63) is 35.7 Å². The quantitative estimate of drug-likeness (QED) is 0.693. The zero-order chi connectivity index (χ0) is 17.9. The van der Waals surface area contributed by atoms with Crippen molar-refractivity contribution < 1.29 is 13.2 Å². The molecule has 138 valence electrons. The van der Waals surface area contributed by atoms with E-state index < -0.39 is 10.0 Å². The molecular weight excluding hydrogens is 344 g/mol. The third kappa shape index (κ3) is 4.88. The number of ether oxygens (including phenoxy) is 1. The fourth-order valence-corrected chi connectivity index (χ4v) is 3.30. The molecule has 25 heavy (non-hydrogen) atoms. The number of methoxy groups -OCH3 is 1.